The van der Waals surface area contributed by atoms with Crippen LogP contribution in [0, 0.1) is 0 Å². The van der Waals surface area contributed by atoms with Gasteiger partial charge in [0.2, 0.25) is 0 Å². The van der Waals surface area contributed by atoms with Crippen molar-refractivity contribution in [2.45, 2.75) is 37.3 Å². The van der Waals surface area contributed by atoms with E-state index in [1.54, 1.807) is 0 Å². The summed E-state index contributed by atoms with van der Waals surface area (Å²) < 4.78 is 10.4. The van der Waals surface area contributed by atoms with Crippen molar-refractivity contribution >= 4 is 0 Å². The van der Waals surface area contributed by atoms with Gasteiger partial charge in [0.25, 0.3) is 0 Å². The fourth-order valence-corrected chi connectivity index (χ4v) is 2.16. The molecule has 1 saturated heterocycles. The number of benzene rings is 1. The third-order valence-electron chi connectivity index (χ3n) is 3.24. The van der Waals surface area contributed by atoms with Crippen molar-refractivity contribution in [3.05, 3.63) is 46.3 Å². The first-order valence-electron chi connectivity index (χ1n) is 6.49. The molecule has 8 nitrogen and oxygen atoms in total. The zero-order chi connectivity index (χ0) is 15.2. The summed E-state index contributed by atoms with van der Waals surface area (Å²) in [5.74, 6) is 0. The molecule has 2 rings (SSSR count). The highest BCUT2D eigenvalue weighted by Gasteiger charge is 2.45. The second kappa shape index (κ2) is 7.37. The SMILES string of the molecule is [N-]=[N+]=NC1[C@H](O)C(O)O[C@@H]1C(O)COCc1ccccc1. The van der Waals surface area contributed by atoms with Crippen LogP contribution in [0.1, 0.15) is 5.56 Å². The highest BCUT2D eigenvalue weighted by molar-refractivity contribution is 5.13. The Bertz CT molecular complexity index is 494. The molecule has 1 aliphatic heterocycles. The van der Waals surface area contributed by atoms with Crippen LogP contribution >= 0.6 is 0 Å². The maximum atomic E-state index is 10.0. The number of aliphatic hydroxyl groups excluding tert-OH is 3. The Kier molecular flexibility index (Phi) is 5.51. The van der Waals surface area contributed by atoms with E-state index in [-0.39, 0.29) is 6.61 Å². The van der Waals surface area contributed by atoms with Crippen molar-refractivity contribution in [1.29, 1.82) is 0 Å². The average molecular weight is 295 g/mol. The van der Waals surface area contributed by atoms with Gasteiger partial charge in [-0.05, 0) is 11.1 Å². The highest BCUT2D eigenvalue weighted by atomic mass is 16.6. The molecule has 0 aromatic heterocycles. The minimum atomic E-state index is -1.49. The summed E-state index contributed by atoms with van der Waals surface area (Å²) in [6.07, 6.45) is -5.00. The smallest absolute Gasteiger partial charge is 0.181 e. The molecule has 0 aliphatic carbocycles. The number of nitrogens with zero attached hydrogens (tertiary/aromatic N) is 3. The van der Waals surface area contributed by atoms with E-state index in [9.17, 15) is 15.3 Å². The predicted octanol–water partition coefficient (Wildman–Crippen LogP) is 0.321. The van der Waals surface area contributed by atoms with Gasteiger partial charge >= 0.3 is 0 Å². The molecule has 5 atom stereocenters. The summed E-state index contributed by atoms with van der Waals surface area (Å²) >= 11 is 0. The minimum absolute atomic E-state index is 0.0730. The van der Waals surface area contributed by atoms with Gasteiger partial charge < -0.3 is 24.8 Å². The topological polar surface area (TPSA) is 128 Å². The Morgan fingerprint density at radius 1 is 1.33 bits per heavy atom. The molecule has 3 N–H and O–H groups in total. The normalized spacial score (nSPS) is 29.9. The lowest BCUT2D eigenvalue weighted by Gasteiger charge is -2.21. The van der Waals surface area contributed by atoms with Gasteiger partial charge in [-0.1, -0.05) is 35.4 Å². The first-order chi connectivity index (χ1) is 10.1. The number of aliphatic hydroxyl groups is 3. The molecule has 1 fully saturated rings. The quantitative estimate of drug-likeness (QED) is 0.395. The molecule has 0 radical (unpaired) electrons. The molecule has 0 amide bonds. The summed E-state index contributed by atoms with van der Waals surface area (Å²) in [6, 6.07) is 8.35. The van der Waals surface area contributed by atoms with Crippen molar-refractivity contribution in [2.75, 3.05) is 6.61 Å². The van der Waals surface area contributed by atoms with E-state index in [1.165, 1.54) is 0 Å². The summed E-state index contributed by atoms with van der Waals surface area (Å²) in [6.45, 7) is 0.234. The van der Waals surface area contributed by atoms with Crippen molar-refractivity contribution in [1.82, 2.24) is 0 Å². The van der Waals surface area contributed by atoms with Crippen LogP contribution in [-0.4, -0.2) is 52.6 Å². The summed E-state index contributed by atoms with van der Waals surface area (Å²) in [4.78, 5) is 2.59. The van der Waals surface area contributed by atoms with E-state index < -0.39 is 30.6 Å². The summed E-state index contributed by atoms with van der Waals surface area (Å²) in [5, 5.41) is 32.4. The highest BCUT2D eigenvalue weighted by Crippen LogP contribution is 2.25. The number of hydrogen-bond donors (Lipinski definition) is 3. The predicted molar refractivity (Wildman–Crippen MR) is 71.9 cm³/mol. The first-order valence-corrected chi connectivity index (χ1v) is 6.49. The fraction of sp³-hybridized carbons (Fsp3) is 0.538. The molecule has 3 unspecified atom stereocenters. The van der Waals surface area contributed by atoms with Gasteiger partial charge in [-0.3, -0.25) is 0 Å². The third-order valence-corrected chi connectivity index (χ3v) is 3.24. The summed E-state index contributed by atoms with van der Waals surface area (Å²) in [7, 11) is 0. The molecule has 114 valence electrons. The van der Waals surface area contributed by atoms with E-state index in [4.69, 9.17) is 15.0 Å². The lowest BCUT2D eigenvalue weighted by Crippen LogP contribution is -2.39. The summed E-state index contributed by atoms with van der Waals surface area (Å²) in [5.41, 5.74) is 9.40. The van der Waals surface area contributed by atoms with E-state index in [2.05, 4.69) is 10.0 Å². The van der Waals surface area contributed by atoms with E-state index in [1.807, 2.05) is 30.3 Å². The Balaban J connectivity index is 1.87. The van der Waals surface area contributed by atoms with Gasteiger partial charge in [0.15, 0.2) is 6.29 Å². The standard InChI is InChI=1S/C13H17N3O5/c14-16-15-10-11(18)13(19)21-12(10)9(17)7-20-6-8-4-2-1-3-5-8/h1-5,9-13,17-19H,6-7H2/t9?,10?,11-,12+,13?/m0/s1. The zero-order valence-electron chi connectivity index (χ0n) is 11.2. The molecular weight excluding hydrogens is 278 g/mol. The van der Waals surface area contributed by atoms with Crippen LogP contribution in [0.4, 0.5) is 0 Å². The monoisotopic (exact) mass is 295 g/mol. The van der Waals surface area contributed by atoms with Crippen molar-refractivity contribution in [3.8, 4) is 0 Å². The largest absolute Gasteiger partial charge is 0.388 e. The third kappa shape index (κ3) is 3.92. The molecule has 21 heavy (non-hydrogen) atoms. The minimum Gasteiger partial charge on any atom is -0.388 e. The Morgan fingerprint density at radius 3 is 2.71 bits per heavy atom. The second-order valence-electron chi connectivity index (χ2n) is 4.75. The number of hydrogen-bond acceptors (Lipinski definition) is 6. The molecule has 1 aromatic rings. The lowest BCUT2D eigenvalue weighted by atomic mass is 10.0. The number of rotatable bonds is 6. The van der Waals surface area contributed by atoms with Crippen LogP contribution in [0.15, 0.2) is 35.4 Å². The van der Waals surface area contributed by atoms with Gasteiger partial charge in [-0.25, -0.2) is 0 Å². The molecule has 0 spiro atoms. The molecule has 1 aromatic carbocycles. The maximum absolute atomic E-state index is 10.0. The Labute approximate surface area is 121 Å². The van der Waals surface area contributed by atoms with Gasteiger partial charge in [0.1, 0.15) is 18.3 Å². The van der Waals surface area contributed by atoms with Crippen LogP contribution in [0.25, 0.3) is 10.4 Å². The zero-order valence-corrected chi connectivity index (χ0v) is 11.2. The number of azide groups is 1. The average Bonchev–Trinajstić information content (AvgIpc) is 2.77. The Morgan fingerprint density at radius 2 is 2.05 bits per heavy atom. The fourth-order valence-electron chi connectivity index (χ4n) is 2.16. The van der Waals surface area contributed by atoms with E-state index in [0.717, 1.165) is 5.56 Å². The molecule has 0 saturated carbocycles. The van der Waals surface area contributed by atoms with Gasteiger partial charge in [0.05, 0.1) is 19.3 Å². The molecule has 1 heterocycles. The van der Waals surface area contributed by atoms with Crippen molar-refractivity contribution in [2.24, 2.45) is 5.11 Å². The molecule has 8 heteroatoms. The Hall–Kier alpha value is -1.67. The van der Waals surface area contributed by atoms with Gasteiger partial charge in [-0.2, -0.15) is 0 Å². The second-order valence-corrected chi connectivity index (χ2v) is 4.75. The van der Waals surface area contributed by atoms with Gasteiger partial charge in [-0.15, -0.1) is 0 Å². The van der Waals surface area contributed by atoms with Crippen LogP contribution in [-0.2, 0) is 16.1 Å². The van der Waals surface area contributed by atoms with Crippen LogP contribution in [0.2, 0.25) is 0 Å². The van der Waals surface area contributed by atoms with E-state index in [0.29, 0.717) is 6.61 Å². The maximum Gasteiger partial charge on any atom is 0.181 e. The first kappa shape index (κ1) is 15.7. The van der Waals surface area contributed by atoms with Gasteiger partial charge in [0, 0.05) is 4.91 Å². The van der Waals surface area contributed by atoms with Crippen LogP contribution < -0.4 is 0 Å². The molecule has 0 bridgehead atoms. The lowest BCUT2D eigenvalue weighted by molar-refractivity contribution is -0.152. The van der Waals surface area contributed by atoms with Crippen molar-refractivity contribution < 1.29 is 24.8 Å². The number of ether oxygens (including phenoxy) is 2. The van der Waals surface area contributed by atoms with Crippen LogP contribution in [0.5, 0.6) is 0 Å². The van der Waals surface area contributed by atoms with Crippen molar-refractivity contribution in [3.63, 3.8) is 0 Å². The van der Waals surface area contributed by atoms with E-state index >= 15 is 0 Å². The molecule has 1 aliphatic rings. The van der Waals surface area contributed by atoms with Crippen LogP contribution in [0.3, 0.4) is 0 Å². The molecular formula is C13H17N3O5.